The summed E-state index contributed by atoms with van der Waals surface area (Å²) in [5.41, 5.74) is 9.22. The summed E-state index contributed by atoms with van der Waals surface area (Å²) in [6, 6.07) is 16.7. The van der Waals surface area contributed by atoms with Crippen LogP contribution in [0.1, 0.15) is 42.9 Å². The van der Waals surface area contributed by atoms with Crippen LogP contribution in [0.25, 0.3) is 0 Å². The van der Waals surface area contributed by atoms with Crippen molar-refractivity contribution in [3.8, 4) is 11.5 Å². The summed E-state index contributed by atoms with van der Waals surface area (Å²) in [7, 11) is 3.35. The van der Waals surface area contributed by atoms with Gasteiger partial charge in [0.2, 0.25) is 5.91 Å². The Kier molecular flexibility index (Phi) is 7.63. The number of para-hydroxylation sites is 1. The normalized spacial score (nSPS) is 21.9. The van der Waals surface area contributed by atoms with Gasteiger partial charge >= 0.3 is 0 Å². The number of ether oxygens (including phenoxy) is 2. The van der Waals surface area contributed by atoms with E-state index in [0.717, 1.165) is 49.4 Å². The number of likely N-dealkylation sites (tertiary alicyclic amines) is 1. The standard InChI is InChI=1S/C25H34N4O3/c1-31-21-10-7-18(8-11-21)22-17-24(28-27-22)29-15-13-20(14-16-29)26-25(30)12-9-19-5-3-4-6-23(19)32-2/h3-8,10-11,20,22,24,27-28H,9,12-17H2,1-2H3,(H,26,30). The molecule has 0 aromatic heterocycles. The van der Waals surface area contributed by atoms with Gasteiger partial charge in [-0.25, -0.2) is 10.9 Å². The van der Waals surface area contributed by atoms with Crippen LogP contribution in [0.2, 0.25) is 0 Å². The number of piperidine rings is 1. The Morgan fingerprint density at radius 2 is 1.78 bits per heavy atom. The van der Waals surface area contributed by atoms with Crippen LogP contribution in [0.3, 0.4) is 0 Å². The quantitative estimate of drug-likeness (QED) is 0.589. The molecule has 3 N–H and O–H groups in total. The van der Waals surface area contributed by atoms with E-state index < -0.39 is 0 Å². The summed E-state index contributed by atoms with van der Waals surface area (Å²) in [4.78, 5) is 15.0. The van der Waals surface area contributed by atoms with Gasteiger partial charge in [0.1, 0.15) is 11.5 Å². The average Bonchev–Trinajstić information content (AvgIpc) is 3.34. The van der Waals surface area contributed by atoms with Crippen molar-refractivity contribution in [3.05, 3.63) is 59.7 Å². The SMILES string of the molecule is COc1ccc(C2CC(N3CCC(NC(=O)CCc4ccccc4OC)CC3)NN2)cc1. The molecule has 2 aromatic rings. The number of hydrogen-bond donors (Lipinski definition) is 3. The van der Waals surface area contributed by atoms with Crippen LogP contribution in [0.5, 0.6) is 11.5 Å². The largest absolute Gasteiger partial charge is 0.497 e. The van der Waals surface area contributed by atoms with Gasteiger partial charge in [-0.05, 0) is 55.0 Å². The summed E-state index contributed by atoms with van der Waals surface area (Å²) < 4.78 is 10.6. The highest BCUT2D eigenvalue weighted by Gasteiger charge is 2.32. The molecule has 1 amide bonds. The Bertz CT molecular complexity index is 881. The van der Waals surface area contributed by atoms with Gasteiger partial charge in [-0.2, -0.15) is 0 Å². The van der Waals surface area contributed by atoms with Crippen molar-refractivity contribution < 1.29 is 14.3 Å². The van der Waals surface area contributed by atoms with E-state index in [1.54, 1.807) is 14.2 Å². The molecule has 2 aromatic carbocycles. The van der Waals surface area contributed by atoms with Crippen LogP contribution in [0, 0.1) is 0 Å². The molecule has 7 heteroatoms. The highest BCUT2D eigenvalue weighted by molar-refractivity contribution is 5.76. The van der Waals surface area contributed by atoms with Gasteiger partial charge in [0, 0.05) is 31.6 Å². The fourth-order valence-corrected chi connectivity index (χ4v) is 4.65. The highest BCUT2D eigenvalue weighted by Crippen LogP contribution is 2.27. The molecule has 0 spiro atoms. The molecule has 2 atom stereocenters. The molecule has 0 bridgehead atoms. The fourth-order valence-electron chi connectivity index (χ4n) is 4.65. The predicted octanol–water partition coefficient (Wildman–Crippen LogP) is 2.78. The minimum Gasteiger partial charge on any atom is -0.497 e. The zero-order valence-corrected chi connectivity index (χ0v) is 19.0. The van der Waals surface area contributed by atoms with E-state index >= 15 is 0 Å². The van der Waals surface area contributed by atoms with Crippen LogP contribution >= 0.6 is 0 Å². The van der Waals surface area contributed by atoms with Crippen molar-refractivity contribution in [2.24, 2.45) is 0 Å². The van der Waals surface area contributed by atoms with Crippen LogP contribution < -0.4 is 25.6 Å². The van der Waals surface area contributed by atoms with E-state index in [4.69, 9.17) is 9.47 Å². The van der Waals surface area contributed by atoms with Crippen LogP contribution in [0.4, 0.5) is 0 Å². The molecule has 0 saturated carbocycles. The molecule has 2 saturated heterocycles. The molecular formula is C25H34N4O3. The summed E-state index contributed by atoms with van der Waals surface area (Å²) in [5.74, 6) is 1.84. The smallest absolute Gasteiger partial charge is 0.220 e. The third-order valence-corrected chi connectivity index (χ3v) is 6.55. The first-order valence-electron chi connectivity index (χ1n) is 11.5. The lowest BCUT2D eigenvalue weighted by molar-refractivity contribution is -0.122. The first-order chi connectivity index (χ1) is 15.7. The number of nitrogens with one attached hydrogen (secondary N) is 3. The number of amides is 1. The Labute approximate surface area is 190 Å². The van der Waals surface area contributed by atoms with Gasteiger partial charge in [0.25, 0.3) is 0 Å². The Morgan fingerprint density at radius 3 is 2.50 bits per heavy atom. The molecule has 0 aliphatic carbocycles. The lowest BCUT2D eigenvalue weighted by Gasteiger charge is -2.35. The van der Waals surface area contributed by atoms with Crippen LogP contribution in [-0.2, 0) is 11.2 Å². The second kappa shape index (κ2) is 10.8. The predicted molar refractivity (Wildman–Crippen MR) is 124 cm³/mol. The molecule has 172 valence electrons. The minimum absolute atomic E-state index is 0.120. The number of hydrazine groups is 1. The molecule has 2 aliphatic heterocycles. The molecule has 7 nitrogen and oxygen atoms in total. The Morgan fingerprint density at radius 1 is 1.03 bits per heavy atom. The number of rotatable bonds is 8. The second-order valence-electron chi connectivity index (χ2n) is 8.56. The number of aryl methyl sites for hydroxylation is 1. The van der Waals surface area contributed by atoms with E-state index in [2.05, 4.69) is 33.2 Å². The average molecular weight is 439 g/mol. The fraction of sp³-hybridized carbons (Fsp3) is 0.480. The topological polar surface area (TPSA) is 74.9 Å². The van der Waals surface area contributed by atoms with Crippen molar-refractivity contribution in [2.75, 3.05) is 27.3 Å². The van der Waals surface area contributed by atoms with Gasteiger partial charge in [-0.1, -0.05) is 30.3 Å². The Balaban J connectivity index is 1.19. The summed E-state index contributed by atoms with van der Waals surface area (Å²) in [5, 5.41) is 3.23. The maximum absolute atomic E-state index is 12.5. The van der Waals surface area contributed by atoms with Crippen molar-refractivity contribution in [1.82, 2.24) is 21.1 Å². The first kappa shape index (κ1) is 22.6. The highest BCUT2D eigenvalue weighted by atomic mass is 16.5. The molecule has 32 heavy (non-hydrogen) atoms. The first-order valence-corrected chi connectivity index (χ1v) is 11.5. The van der Waals surface area contributed by atoms with Gasteiger partial charge < -0.3 is 14.8 Å². The lowest BCUT2D eigenvalue weighted by atomic mass is 10.0. The van der Waals surface area contributed by atoms with E-state index in [1.165, 1.54) is 5.56 Å². The monoisotopic (exact) mass is 438 g/mol. The van der Waals surface area contributed by atoms with Crippen molar-refractivity contribution in [3.63, 3.8) is 0 Å². The number of carbonyl (C=O) groups is 1. The molecule has 0 radical (unpaired) electrons. The van der Waals surface area contributed by atoms with E-state index in [9.17, 15) is 4.79 Å². The third-order valence-electron chi connectivity index (χ3n) is 6.55. The number of methoxy groups -OCH3 is 2. The van der Waals surface area contributed by atoms with E-state index in [1.807, 2.05) is 36.4 Å². The maximum Gasteiger partial charge on any atom is 0.220 e. The van der Waals surface area contributed by atoms with Crippen molar-refractivity contribution in [2.45, 2.75) is 50.4 Å². The van der Waals surface area contributed by atoms with E-state index in [0.29, 0.717) is 25.0 Å². The van der Waals surface area contributed by atoms with Gasteiger partial charge in [-0.15, -0.1) is 0 Å². The summed E-state index contributed by atoms with van der Waals surface area (Å²) in [6.07, 6.45) is 4.46. The maximum atomic E-state index is 12.5. The van der Waals surface area contributed by atoms with Crippen LogP contribution in [-0.4, -0.2) is 50.3 Å². The molecule has 2 heterocycles. The number of nitrogens with zero attached hydrogens (tertiary/aromatic N) is 1. The van der Waals surface area contributed by atoms with Crippen LogP contribution in [0.15, 0.2) is 48.5 Å². The van der Waals surface area contributed by atoms with Crippen molar-refractivity contribution >= 4 is 5.91 Å². The zero-order chi connectivity index (χ0) is 22.3. The van der Waals surface area contributed by atoms with Gasteiger partial charge in [0.05, 0.1) is 20.4 Å². The Hall–Kier alpha value is -2.61. The third kappa shape index (κ3) is 5.59. The zero-order valence-electron chi connectivity index (χ0n) is 19.0. The molecule has 2 fully saturated rings. The molecule has 2 unspecified atom stereocenters. The minimum atomic E-state index is 0.120. The molecule has 2 aliphatic rings. The summed E-state index contributed by atoms with van der Waals surface area (Å²) in [6.45, 7) is 1.96. The molecular weight excluding hydrogens is 404 g/mol. The van der Waals surface area contributed by atoms with Gasteiger partial charge in [0.15, 0.2) is 0 Å². The van der Waals surface area contributed by atoms with Gasteiger partial charge in [-0.3, -0.25) is 9.69 Å². The second-order valence-corrected chi connectivity index (χ2v) is 8.56. The number of carbonyl (C=O) groups excluding carboxylic acids is 1. The van der Waals surface area contributed by atoms with Crippen molar-refractivity contribution in [1.29, 1.82) is 0 Å². The summed E-state index contributed by atoms with van der Waals surface area (Å²) >= 11 is 0. The lowest BCUT2D eigenvalue weighted by Crippen LogP contribution is -2.51. The number of benzene rings is 2. The number of hydrogen-bond acceptors (Lipinski definition) is 6. The molecule has 4 rings (SSSR count). The van der Waals surface area contributed by atoms with E-state index in [-0.39, 0.29) is 11.9 Å².